The van der Waals surface area contributed by atoms with Crippen molar-refractivity contribution in [3.05, 3.63) is 52.6 Å². The van der Waals surface area contributed by atoms with Gasteiger partial charge in [-0.25, -0.2) is 4.79 Å². The van der Waals surface area contributed by atoms with E-state index in [1.807, 2.05) is 0 Å². The molecule has 1 heterocycles. The summed E-state index contributed by atoms with van der Waals surface area (Å²) in [6, 6.07) is 8.78. The Kier molecular flexibility index (Phi) is 4.93. The molecular weight excluding hydrogens is 389 g/mol. The van der Waals surface area contributed by atoms with Gasteiger partial charge in [-0.2, -0.15) is 13.2 Å². The molecule has 0 saturated heterocycles. The summed E-state index contributed by atoms with van der Waals surface area (Å²) in [5, 5.41) is 9.27. The first kappa shape index (κ1) is 18.9. The molecule has 0 aliphatic carbocycles. The van der Waals surface area contributed by atoms with E-state index >= 15 is 0 Å². The Labute approximate surface area is 156 Å². The minimum Gasteiger partial charge on any atom is -0.497 e. The van der Waals surface area contributed by atoms with Crippen LogP contribution in [0, 0.1) is 0 Å². The molecule has 27 heavy (non-hydrogen) atoms. The van der Waals surface area contributed by atoms with Crippen LogP contribution in [0.15, 0.2) is 42.0 Å². The van der Waals surface area contributed by atoms with Gasteiger partial charge in [0.2, 0.25) is 6.10 Å². The highest BCUT2D eigenvalue weighted by Crippen LogP contribution is 2.40. The van der Waals surface area contributed by atoms with Gasteiger partial charge >= 0.3 is 12.1 Å². The van der Waals surface area contributed by atoms with Crippen LogP contribution in [0.2, 0.25) is 5.02 Å². The Balaban J connectivity index is 1.93. The largest absolute Gasteiger partial charge is 0.497 e. The highest BCUT2D eigenvalue weighted by molar-refractivity contribution is 6.32. The van der Waals surface area contributed by atoms with Crippen molar-refractivity contribution in [3.8, 4) is 23.0 Å². The molecule has 0 spiro atoms. The van der Waals surface area contributed by atoms with Crippen molar-refractivity contribution in [3.63, 3.8) is 0 Å². The Morgan fingerprint density at radius 2 is 1.89 bits per heavy atom. The number of hydrogen-bond acceptors (Lipinski definition) is 4. The molecule has 0 radical (unpaired) electrons. The van der Waals surface area contributed by atoms with Crippen LogP contribution in [0.3, 0.4) is 0 Å². The highest BCUT2D eigenvalue weighted by Gasteiger charge is 2.48. The first-order valence-corrected chi connectivity index (χ1v) is 7.90. The zero-order valence-corrected chi connectivity index (χ0v) is 14.5. The summed E-state index contributed by atoms with van der Waals surface area (Å²) < 4.78 is 54.9. The van der Waals surface area contributed by atoms with Gasteiger partial charge in [0.05, 0.1) is 17.7 Å². The normalized spacial score (nSPS) is 16.0. The van der Waals surface area contributed by atoms with Crippen LogP contribution in [-0.4, -0.2) is 30.5 Å². The summed E-state index contributed by atoms with van der Waals surface area (Å²) in [6.45, 7) is 0. The van der Waals surface area contributed by atoms with Gasteiger partial charge in [0.15, 0.2) is 0 Å². The number of fused-ring (bicyclic) bond motifs is 1. The fraction of sp³-hybridized carbons (Fsp3) is 0.167. The summed E-state index contributed by atoms with van der Waals surface area (Å²) >= 11 is 6.08. The van der Waals surface area contributed by atoms with Crippen molar-refractivity contribution in [2.45, 2.75) is 12.3 Å². The molecule has 3 rings (SSSR count). The molecule has 2 aromatic carbocycles. The van der Waals surface area contributed by atoms with E-state index in [4.69, 9.17) is 30.9 Å². The third-order valence-electron chi connectivity index (χ3n) is 3.73. The number of benzene rings is 2. The van der Waals surface area contributed by atoms with Crippen LogP contribution >= 0.6 is 11.6 Å². The zero-order chi connectivity index (χ0) is 19.8. The van der Waals surface area contributed by atoms with Crippen molar-refractivity contribution in [1.29, 1.82) is 0 Å². The molecule has 142 valence electrons. The Morgan fingerprint density at radius 3 is 2.48 bits per heavy atom. The second-order valence-corrected chi connectivity index (χ2v) is 5.95. The molecule has 1 aliphatic heterocycles. The summed E-state index contributed by atoms with van der Waals surface area (Å²) in [5.74, 6) is -0.894. The number of halogens is 4. The molecule has 1 aliphatic rings. The lowest BCUT2D eigenvalue weighted by atomic mass is 10.0. The van der Waals surface area contributed by atoms with E-state index in [0.29, 0.717) is 5.75 Å². The van der Waals surface area contributed by atoms with Crippen LogP contribution in [0.5, 0.6) is 23.0 Å². The molecule has 0 aromatic heterocycles. The van der Waals surface area contributed by atoms with Crippen molar-refractivity contribution in [2.75, 3.05) is 7.11 Å². The SMILES string of the molecule is COc1ccc(Oc2ccc3c(c2)OC(C(F)(F)F)C(C(=O)O)=C3)c(Cl)c1. The number of carbonyl (C=O) groups is 1. The van der Waals surface area contributed by atoms with Gasteiger partial charge in [-0.3, -0.25) is 0 Å². The topological polar surface area (TPSA) is 65.0 Å². The molecule has 1 atom stereocenters. The van der Waals surface area contributed by atoms with E-state index < -0.39 is 23.8 Å². The Morgan fingerprint density at radius 1 is 1.19 bits per heavy atom. The predicted octanol–water partition coefficient (Wildman–Crippen LogP) is 4.93. The molecule has 0 bridgehead atoms. The maximum Gasteiger partial charge on any atom is 0.430 e. The lowest BCUT2D eigenvalue weighted by Crippen LogP contribution is -2.40. The minimum atomic E-state index is -4.88. The molecular formula is C18H12ClF3O5. The van der Waals surface area contributed by atoms with Gasteiger partial charge in [0, 0.05) is 17.7 Å². The second kappa shape index (κ2) is 7.03. The number of aliphatic carboxylic acids is 1. The minimum absolute atomic E-state index is 0.149. The molecule has 0 saturated carbocycles. The predicted molar refractivity (Wildman–Crippen MR) is 90.6 cm³/mol. The number of ether oxygens (including phenoxy) is 3. The number of rotatable bonds is 4. The van der Waals surface area contributed by atoms with E-state index in [1.54, 1.807) is 12.1 Å². The summed E-state index contributed by atoms with van der Waals surface area (Å²) in [4.78, 5) is 11.1. The van der Waals surface area contributed by atoms with Crippen molar-refractivity contribution in [1.82, 2.24) is 0 Å². The lowest BCUT2D eigenvalue weighted by Gasteiger charge is -2.27. The van der Waals surface area contributed by atoms with E-state index in [2.05, 4.69) is 0 Å². The third-order valence-corrected chi connectivity index (χ3v) is 4.03. The van der Waals surface area contributed by atoms with Crippen LogP contribution in [-0.2, 0) is 4.79 Å². The van der Waals surface area contributed by atoms with Crippen LogP contribution in [0.1, 0.15) is 5.56 Å². The number of hydrogen-bond donors (Lipinski definition) is 1. The van der Waals surface area contributed by atoms with Gasteiger partial charge in [0.25, 0.3) is 0 Å². The van der Waals surface area contributed by atoms with Gasteiger partial charge in [-0.15, -0.1) is 0 Å². The van der Waals surface area contributed by atoms with E-state index in [0.717, 1.165) is 6.08 Å². The van der Waals surface area contributed by atoms with Gasteiger partial charge in [-0.05, 0) is 30.3 Å². The molecule has 9 heteroatoms. The smallest absolute Gasteiger partial charge is 0.430 e. The fourth-order valence-corrected chi connectivity index (χ4v) is 2.68. The molecule has 1 unspecified atom stereocenters. The second-order valence-electron chi connectivity index (χ2n) is 5.54. The van der Waals surface area contributed by atoms with Gasteiger partial charge in [0.1, 0.15) is 23.0 Å². The molecule has 0 amide bonds. The quantitative estimate of drug-likeness (QED) is 0.788. The highest BCUT2D eigenvalue weighted by atomic mass is 35.5. The molecule has 2 aromatic rings. The lowest BCUT2D eigenvalue weighted by molar-refractivity contribution is -0.187. The fourth-order valence-electron chi connectivity index (χ4n) is 2.47. The third kappa shape index (κ3) is 3.95. The average molecular weight is 401 g/mol. The zero-order valence-electron chi connectivity index (χ0n) is 13.7. The maximum atomic E-state index is 13.1. The molecule has 0 fully saturated rings. The Hall–Kier alpha value is -2.87. The van der Waals surface area contributed by atoms with Crippen LogP contribution in [0.4, 0.5) is 13.2 Å². The molecule has 5 nitrogen and oxygen atoms in total. The monoisotopic (exact) mass is 400 g/mol. The number of alkyl halides is 3. The van der Waals surface area contributed by atoms with Crippen LogP contribution in [0.25, 0.3) is 6.08 Å². The average Bonchev–Trinajstić information content (AvgIpc) is 2.61. The standard InChI is InChI=1S/C18H12ClF3O5/c1-25-10-4-5-14(13(19)7-10)26-11-3-2-9-6-12(17(23)24)16(18(20,21)22)27-15(9)8-11/h2-8,16H,1H3,(H,23,24). The van der Waals surface area contributed by atoms with Crippen molar-refractivity contribution < 1.29 is 37.3 Å². The van der Waals surface area contributed by atoms with Crippen molar-refractivity contribution in [2.24, 2.45) is 0 Å². The Bertz CT molecular complexity index is 924. The summed E-state index contributed by atoms with van der Waals surface area (Å²) in [5.41, 5.74) is -0.692. The van der Waals surface area contributed by atoms with Crippen molar-refractivity contribution >= 4 is 23.6 Å². The van der Waals surface area contributed by atoms with E-state index in [-0.39, 0.29) is 27.8 Å². The maximum absolute atomic E-state index is 13.1. The first-order chi connectivity index (χ1) is 12.7. The molecule has 1 N–H and O–H groups in total. The number of carboxylic acids is 1. The van der Waals surface area contributed by atoms with E-state index in [9.17, 15) is 18.0 Å². The first-order valence-electron chi connectivity index (χ1n) is 7.52. The summed E-state index contributed by atoms with van der Waals surface area (Å²) in [6.07, 6.45) is -6.51. The van der Waals surface area contributed by atoms with Gasteiger partial charge < -0.3 is 19.3 Å². The number of methoxy groups -OCH3 is 1. The summed E-state index contributed by atoms with van der Waals surface area (Å²) in [7, 11) is 1.48. The van der Waals surface area contributed by atoms with Gasteiger partial charge in [-0.1, -0.05) is 11.6 Å². The van der Waals surface area contributed by atoms with Crippen LogP contribution < -0.4 is 14.2 Å². The number of carboxylic acid groups (broad SMARTS) is 1. The van der Waals surface area contributed by atoms with E-state index in [1.165, 1.54) is 31.4 Å².